The number of benzene rings is 1. The topological polar surface area (TPSA) is 84.1 Å². The third-order valence-electron chi connectivity index (χ3n) is 6.19. The zero-order valence-electron chi connectivity index (χ0n) is 19.5. The highest BCUT2D eigenvalue weighted by molar-refractivity contribution is 5.73. The molecule has 0 saturated heterocycles. The molecule has 7 nitrogen and oxygen atoms in total. The molecule has 4 N–H and O–H groups in total. The molecule has 2 aliphatic rings. The third kappa shape index (κ3) is 6.14. The van der Waals surface area contributed by atoms with E-state index in [-0.39, 0.29) is 0 Å². The smallest absolute Gasteiger partial charge is 0.186 e. The standard InChI is InChI=1S/C24H39N5O2/c1-5-30-21-11-12-22(31-6-2)19(15-21)17-26-16-18-7-9-20(10-8-18)24(25)27-14-13-23(28-24)29(3)4/h11-15,18,20,26,28H,5-10,16-17,25H2,1-4H3. The number of hydrogen-bond acceptors (Lipinski definition) is 7. The van der Waals surface area contributed by atoms with Crippen molar-refractivity contribution >= 4 is 6.21 Å². The van der Waals surface area contributed by atoms with Crippen molar-refractivity contribution in [3.8, 4) is 11.5 Å². The molecule has 172 valence electrons. The summed E-state index contributed by atoms with van der Waals surface area (Å²) in [6.45, 7) is 7.11. The Balaban J connectivity index is 1.48. The van der Waals surface area contributed by atoms with Crippen molar-refractivity contribution in [2.24, 2.45) is 22.6 Å². The van der Waals surface area contributed by atoms with E-state index in [2.05, 4.69) is 21.7 Å². The predicted molar refractivity (Wildman–Crippen MR) is 126 cm³/mol. The maximum Gasteiger partial charge on any atom is 0.186 e. The van der Waals surface area contributed by atoms with Crippen molar-refractivity contribution in [1.82, 2.24) is 15.5 Å². The lowest BCUT2D eigenvalue weighted by Gasteiger charge is -2.42. The van der Waals surface area contributed by atoms with Crippen LogP contribution in [0.5, 0.6) is 11.5 Å². The minimum Gasteiger partial charge on any atom is -0.494 e. The predicted octanol–water partition coefficient (Wildman–Crippen LogP) is 3.07. The van der Waals surface area contributed by atoms with Gasteiger partial charge < -0.3 is 25.0 Å². The fourth-order valence-corrected chi connectivity index (χ4v) is 4.44. The number of hydrogen-bond donors (Lipinski definition) is 3. The van der Waals surface area contributed by atoms with Crippen LogP contribution in [0.25, 0.3) is 0 Å². The van der Waals surface area contributed by atoms with E-state index in [1.54, 1.807) is 0 Å². The van der Waals surface area contributed by atoms with Crippen molar-refractivity contribution < 1.29 is 9.47 Å². The summed E-state index contributed by atoms with van der Waals surface area (Å²) in [6, 6.07) is 6.06. The fraction of sp³-hybridized carbons (Fsp3) is 0.625. The van der Waals surface area contributed by atoms with Gasteiger partial charge in [0.2, 0.25) is 0 Å². The number of nitrogens with one attached hydrogen (secondary N) is 2. The van der Waals surface area contributed by atoms with Gasteiger partial charge in [0.1, 0.15) is 17.3 Å². The molecular weight excluding hydrogens is 390 g/mol. The molecular formula is C24H39N5O2. The van der Waals surface area contributed by atoms with Gasteiger partial charge in [-0.2, -0.15) is 0 Å². The summed E-state index contributed by atoms with van der Waals surface area (Å²) in [5, 5.41) is 7.08. The SMILES string of the molecule is CCOc1ccc(OCC)c(CNCC2CCC(C3(N)N=CC=C(N(C)C)N3)CC2)c1. The fourth-order valence-electron chi connectivity index (χ4n) is 4.44. The Morgan fingerprint density at radius 2 is 1.90 bits per heavy atom. The van der Waals surface area contributed by atoms with Crippen LogP contribution in [0.4, 0.5) is 0 Å². The third-order valence-corrected chi connectivity index (χ3v) is 6.19. The molecule has 1 saturated carbocycles. The van der Waals surface area contributed by atoms with Gasteiger partial charge in [0, 0.05) is 38.3 Å². The molecule has 0 radical (unpaired) electrons. The maximum atomic E-state index is 6.65. The summed E-state index contributed by atoms with van der Waals surface area (Å²) < 4.78 is 11.5. The van der Waals surface area contributed by atoms with Crippen LogP contribution in [-0.4, -0.2) is 50.8 Å². The van der Waals surface area contributed by atoms with Gasteiger partial charge in [-0.05, 0) is 76.3 Å². The van der Waals surface area contributed by atoms with Crippen LogP contribution in [0, 0.1) is 11.8 Å². The minimum atomic E-state index is -0.696. The van der Waals surface area contributed by atoms with Gasteiger partial charge in [0.05, 0.1) is 13.2 Å². The highest BCUT2D eigenvalue weighted by Gasteiger charge is 2.38. The number of nitrogens with zero attached hydrogens (tertiary/aromatic N) is 2. The van der Waals surface area contributed by atoms with E-state index in [0.29, 0.717) is 25.0 Å². The van der Waals surface area contributed by atoms with Crippen LogP contribution in [0.2, 0.25) is 0 Å². The average Bonchev–Trinajstić information content (AvgIpc) is 2.76. The zero-order valence-corrected chi connectivity index (χ0v) is 19.5. The lowest BCUT2D eigenvalue weighted by atomic mass is 9.78. The Morgan fingerprint density at radius 3 is 2.58 bits per heavy atom. The molecule has 1 aromatic carbocycles. The van der Waals surface area contributed by atoms with Gasteiger partial charge in [0.25, 0.3) is 0 Å². The highest BCUT2D eigenvalue weighted by Crippen LogP contribution is 2.35. The van der Waals surface area contributed by atoms with Crippen molar-refractivity contribution in [3.05, 3.63) is 35.7 Å². The van der Waals surface area contributed by atoms with Crippen LogP contribution in [0.1, 0.15) is 45.1 Å². The lowest BCUT2D eigenvalue weighted by molar-refractivity contribution is 0.146. The first-order valence-corrected chi connectivity index (χ1v) is 11.5. The lowest BCUT2D eigenvalue weighted by Crippen LogP contribution is -2.60. The highest BCUT2D eigenvalue weighted by atomic mass is 16.5. The molecule has 3 rings (SSSR count). The molecule has 7 heteroatoms. The molecule has 1 heterocycles. The van der Waals surface area contributed by atoms with E-state index in [4.69, 9.17) is 15.2 Å². The van der Waals surface area contributed by atoms with E-state index in [9.17, 15) is 0 Å². The molecule has 1 aromatic rings. The van der Waals surface area contributed by atoms with Crippen molar-refractivity contribution in [1.29, 1.82) is 0 Å². The molecule has 31 heavy (non-hydrogen) atoms. The van der Waals surface area contributed by atoms with Gasteiger partial charge >= 0.3 is 0 Å². The Kier molecular flexibility index (Phi) is 8.21. The summed E-state index contributed by atoms with van der Waals surface area (Å²) >= 11 is 0. The van der Waals surface area contributed by atoms with Crippen LogP contribution in [0.15, 0.2) is 35.1 Å². The molecule has 0 spiro atoms. The van der Waals surface area contributed by atoms with Crippen LogP contribution >= 0.6 is 0 Å². The monoisotopic (exact) mass is 429 g/mol. The van der Waals surface area contributed by atoms with Gasteiger partial charge in [-0.1, -0.05) is 0 Å². The van der Waals surface area contributed by atoms with E-state index in [0.717, 1.165) is 61.7 Å². The van der Waals surface area contributed by atoms with Gasteiger partial charge in [-0.25, -0.2) is 0 Å². The minimum absolute atomic E-state index is 0.344. The van der Waals surface area contributed by atoms with Crippen molar-refractivity contribution in [2.45, 2.75) is 51.9 Å². The second-order valence-corrected chi connectivity index (χ2v) is 8.66. The molecule has 0 amide bonds. The van der Waals surface area contributed by atoms with Crippen molar-refractivity contribution in [3.63, 3.8) is 0 Å². The Labute approximate surface area is 187 Å². The summed E-state index contributed by atoms with van der Waals surface area (Å²) in [5.74, 6) is 3.14. The molecule has 1 atom stereocenters. The van der Waals surface area contributed by atoms with E-state index in [1.807, 2.05) is 57.3 Å². The largest absolute Gasteiger partial charge is 0.494 e. The number of ether oxygens (including phenoxy) is 2. The number of nitrogens with two attached hydrogens (primary N) is 1. The molecule has 1 fully saturated rings. The number of aliphatic imine (C=N–C) groups is 1. The van der Waals surface area contributed by atoms with E-state index >= 15 is 0 Å². The average molecular weight is 430 g/mol. The summed E-state index contributed by atoms with van der Waals surface area (Å²) in [6.07, 6.45) is 8.29. The zero-order chi connectivity index (χ0) is 22.3. The van der Waals surface area contributed by atoms with E-state index in [1.165, 1.54) is 0 Å². The summed E-state index contributed by atoms with van der Waals surface area (Å²) in [4.78, 5) is 6.63. The quantitative estimate of drug-likeness (QED) is 0.530. The molecule has 0 aromatic heterocycles. The van der Waals surface area contributed by atoms with Crippen LogP contribution < -0.4 is 25.8 Å². The number of rotatable bonds is 10. The second kappa shape index (κ2) is 10.9. The van der Waals surface area contributed by atoms with Gasteiger partial charge in [-0.15, -0.1) is 0 Å². The van der Waals surface area contributed by atoms with Crippen molar-refractivity contribution in [2.75, 3.05) is 33.9 Å². The van der Waals surface area contributed by atoms with Gasteiger partial charge in [0.15, 0.2) is 5.79 Å². The molecule has 0 bridgehead atoms. The van der Waals surface area contributed by atoms with Crippen LogP contribution in [0.3, 0.4) is 0 Å². The molecule has 1 aliphatic carbocycles. The normalized spacial score (nSPS) is 25.5. The summed E-state index contributed by atoms with van der Waals surface area (Å²) in [5.41, 5.74) is 7.79. The summed E-state index contributed by atoms with van der Waals surface area (Å²) in [7, 11) is 4.03. The first-order valence-electron chi connectivity index (χ1n) is 11.5. The first-order chi connectivity index (χ1) is 14.9. The van der Waals surface area contributed by atoms with Crippen LogP contribution in [-0.2, 0) is 6.54 Å². The Bertz CT molecular complexity index is 771. The second-order valence-electron chi connectivity index (χ2n) is 8.66. The molecule has 1 unspecified atom stereocenters. The Hall–Kier alpha value is -2.25. The van der Waals surface area contributed by atoms with E-state index < -0.39 is 5.79 Å². The maximum absolute atomic E-state index is 6.65. The Morgan fingerprint density at radius 1 is 1.16 bits per heavy atom. The molecule has 1 aliphatic heterocycles. The number of allylic oxidation sites excluding steroid dienone is 1. The first kappa shape index (κ1) is 23.4. The van der Waals surface area contributed by atoms with Gasteiger partial charge in [-0.3, -0.25) is 10.7 Å².